The van der Waals surface area contributed by atoms with Crippen LogP contribution in [0.25, 0.3) is 11.3 Å². The molecule has 0 aliphatic heterocycles. The fourth-order valence-corrected chi connectivity index (χ4v) is 1.95. The summed E-state index contributed by atoms with van der Waals surface area (Å²) in [7, 11) is 0. The van der Waals surface area contributed by atoms with Crippen molar-refractivity contribution >= 4 is 11.4 Å². The Hall–Kier alpha value is -3.02. The first kappa shape index (κ1) is 13.0. The lowest BCUT2D eigenvalue weighted by Gasteiger charge is -1.98. The topological polar surface area (TPSA) is 86.3 Å². The van der Waals surface area contributed by atoms with Crippen LogP contribution < -0.4 is 5.56 Å². The average molecular weight is 279 g/mol. The maximum absolute atomic E-state index is 11.9. The van der Waals surface area contributed by atoms with Crippen LogP contribution in [0.1, 0.15) is 5.56 Å². The van der Waals surface area contributed by atoms with E-state index >= 15 is 0 Å². The third-order valence-corrected chi connectivity index (χ3v) is 3.08. The fourth-order valence-electron chi connectivity index (χ4n) is 1.95. The second-order valence-electron chi connectivity index (χ2n) is 4.53. The summed E-state index contributed by atoms with van der Waals surface area (Å²) in [6.07, 6.45) is 3.33. The number of pyridine rings is 1. The van der Waals surface area contributed by atoms with Crippen molar-refractivity contribution in [1.29, 1.82) is 0 Å². The van der Waals surface area contributed by atoms with Crippen LogP contribution in [0.5, 0.6) is 0 Å². The molecule has 104 valence electrons. The molecule has 6 nitrogen and oxygen atoms in total. The van der Waals surface area contributed by atoms with Crippen molar-refractivity contribution in [3.63, 3.8) is 0 Å². The van der Waals surface area contributed by atoms with Crippen LogP contribution in [0.15, 0.2) is 63.8 Å². The van der Waals surface area contributed by atoms with Gasteiger partial charge in [-0.2, -0.15) is 5.11 Å². The van der Waals surface area contributed by atoms with Crippen molar-refractivity contribution < 1.29 is 0 Å². The van der Waals surface area contributed by atoms with Gasteiger partial charge >= 0.3 is 0 Å². The van der Waals surface area contributed by atoms with Gasteiger partial charge in [0.05, 0.1) is 11.4 Å². The molecular weight excluding hydrogens is 266 g/mol. The number of aromatic amines is 2. The number of H-pyrrole nitrogens is 2. The third kappa shape index (κ3) is 2.64. The molecule has 3 aromatic rings. The summed E-state index contributed by atoms with van der Waals surface area (Å²) < 4.78 is 0. The van der Waals surface area contributed by atoms with Crippen molar-refractivity contribution in [3.05, 3.63) is 64.7 Å². The lowest BCUT2D eigenvalue weighted by atomic mass is 10.2. The molecule has 0 aliphatic carbocycles. The van der Waals surface area contributed by atoms with Crippen LogP contribution in [0.4, 0.5) is 11.4 Å². The molecule has 0 bridgehead atoms. The van der Waals surface area contributed by atoms with Crippen molar-refractivity contribution in [3.8, 4) is 11.3 Å². The second kappa shape index (κ2) is 5.54. The zero-order chi connectivity index (χ0) is 14.7. The molecule has 0 spiro atoms. The van der Waals surface area contributed by atoms with Crippen LogP contribution in [0, 0.1) is 6.92 Å². The Labute approximate surface area is 120 Å². The molecule has 2 N–H and O–H groups in total. The zero-order valence-electron chi connectivity index (χ0n) is 11.4. The van der Waals surface area contributed by atoms with Gasteiger partial charge in [0, 0.05) is 18.0 Å². The number of nitrogens with one attached hydrogen (secondary N) is 2. The standard InChI is InChI=1S/C15H13N5O/c1-10-5-2-3-7-12(10)17-19-14-13(18-20-15(14)21)11-6-4-8-16-9-11/h2-9H,1H3,(H2,18,20,21). The Morgan fingerprint density at radius 1 is 1.05 bits per heavy atom. The highest BCUT2D eigenvalue weighted by atomic mass is 16.1. The van der Waals surface area contributed by atoms with Crippen LogP contribution in [-0.4, -0.2) is 15.2 Å². The number of hydrogen-bond acceptors (Lipinski definition) is 4. The number of aryl methyl sites for hydroxylation is 1. The number of nitrogens with zero attached hydrogens (tertiary/aromatic N) is 3. The Bertz CT molecular complexity index is 833. The summed E-state index contributed by atoms with van der Waals surface area (Å²) in [5.74, 6) is 0. The van der Waals surface area contributed by atoms with Gasteiger partial charge in [0.1, 0.15) is 0 Å². The summed E-state index contributed by atoms with van der Waals surface area (Å²) in [5.41, 5.74) is 3.00. The predicted molar refractivity (Wildman–Crippen MR) is 80.0 cm³/mol. The molecule has 0 radical (unpaired) electrons. The number of hydrogen-bond donors (Lipinski definition) is 2. The minimum atomic E-state index is -0.314. The van der Waals surface area contributed by atoms with E-state index in [9.17, 15) is 4.79 Å². The summed E-state index contributed by atoms with van der Waals surface area (Å²) in [4.78, 5) is 15.9. The van der Waals surface area contributed by atoms with Gasteiger partial charge in [-0.25, -0.2) is 0 Å². The van der Waals surface area contributed by atoms with E-state index in [0.29, 0.717) is 5.69 Å². The quantitative estimate of drug-likeness (QED) is 0.719. The molecular formula is C15H13N5O. The van der Waals surface area contributed by atoms with E-state index in [-0.39, 0.29) is 11.2 Å². The zero-order valence-corrected chi connectivity index (χ0v) is 11.4. The van der Waals surface area contributed by atoms with E-state index in [4.69, 9.17) is 0 Å². The number of aromatic nitrogens is 3. The monoisotopic (exact) mass is 279 g/mol. The van der Waals surface area contributed by atoms with Crippen LogP contribution in [0.3, 0.4) is 0 Å². The molecule has 0 atom stereocenters. The van der Waals surface area contributed by atoms with Gasteiger partial charge in [-0.05, 0) is 30.7 Å². The van der Waals surface area contributed by atoms with Crippen LogP contribution >= 0.6 is 0 Å². The molecule has 0 saturated heterocycles. The smallest absolute Gasteiger partial charge is 0.292 e. The first-order chi connectivity index (χ1) is 10.3. The molecule has 0 fully saturated rings. The van der Waals surface area contributed by atoms with Gasteiger partial charge in [-0.15, -0.1) is 5.11 Å². The Kier molecular flexibility index (Phi) is 3.42. The molecule has 21 heavy (non-hydrogen) atoms. The number of azo groups is 1. The fraction of sp³-hybridized carbons (Fsp3) is 0.0667. The highest BCUT2D eigenvalue weighted by Crippen LogP contribution is 2.26. The van der Waals surface area contributed by atoms with Gasteiger partial charge < -0.3 is 0 Å². The van der Waals surface area contributed by atoms with Crippen molar-refractivity contribution in [2.75, 3.05) is 0 Å². The third-order valence-electron chi connectivity index (χ3n) is 3.08. The van der Waals surface area contributed by atoms with E-state index in [1.807, 2.05) is 37.3 Å². The lowest BCUT2D eigenvalue weighted by molar-refractivity contribution is 1.06. The molecule has 0 amide bonds. The number of rotatable bonds is 3. The summed E-state index contributed by atoms with van der Waals surface area (Å²) in [5, 5.41) is 13.6. The Balaban J connectivity index is 2.02. The first-order valence-electron chi connectivity index (χ1n) is 6.44. The average Bonchev–Trinajstić information content (AvgIpc) is 2.88. The van der Waals surface area contributed by atoms with E-state index in [2.05, 4.69) is 25.4 Å². The molecule has 2 heterocycles. The molecule has 2 aromatic heterocycles. The first-order valence-corrected chi connectivity index (χ1v) is 6.44. The molecule has 0 aliphatic rings. The minimum Gasteiger partial charge on any atom is -0.295 e. The maximum atomic E-state index is 11.9. The molecule has 0 saturated carbocycles. The van der Waals surface area contributed by atoms with Gasteiger partial charge in [0.25, 0.3) is 5.56 Å². The molecule has 1 aromatic carbocycles. The SMILES string of the molecule is Cc1ccccc1N=Nc1c(-c2cccnc2)[nH][nH]c1=O. The Morgan fingerprint density at radius 2 is 1.90 bits per heavy atom. The van der Waals surface area contributed by atoms with Crippen LogP contribution in [0.2, 0.25) is 0 Å². The predicted octanol–water partition coefficient (Wildman–Crippen LogP) is 3.49. The van der Waals surface area contributed by atoms with Crippen molar-refractivity contribution in [1.82, 2.24) is 15.2 Å². The summed E-state index contributed by atoms with van der Waals surface area (Å²) >= 11 is 0. The largest absolute Gasteiger partial charge is 0.295 e. The second-order valence-corrected chi connectivity index (χ2v) is 4.53. The minimum absolute atomic E-state index is 0.242. The van der Waals surface area contributed by atoms with E-state index < -0.39 is 0 Å². The number of benzene rings is 1. The lowest BCUT2D eigenvalue weighted by Crippen LogP contribution is -1.96. The van der Waals surface area contributed by atoms with E-state index in [1.165, 1.54) is 0 Å². The Morgan fingerprint density at radius 3 is 2.67 bits per heavy atom. The molecule has 3 rings (SSSR count). The van der Waals surface area contributed by atoms with Gasteiger partial charge in [-0.3, -0.25) is 20.0 Å². The molecule has 0 unspecified atom stereocenters. The van der Waals surface area contributed by atoms with E-state index in [0.717, 1.165) is 16.8 Å². The maximum Gasteiger partial charge on any atom is 0.292 e. The highest BCUT2D eigenvalue weighted by molar-refractivity contribution is 5.70. The van der Waals surface area contributed by atoms with Gasteiger partial charge in [0.2, 0.25) is 0 Å². The van der Waals surface area contributed by atoms with Gasteiger partial charge in [0.15, 0.2) is 5.69 Å². The van der Waals surface area contributed by atoms with E-state index in [1.54, 1.807) is 18.5 Å². The highest BCUT2D eigenvalue weighted by Gasteiger charge is 2.11. The van der Waals surface area contributed by atoms with Crippen LogP contribution in [-0.2, 0) is 0 Å². The summed E-state index contributed by atoms with van der Waals surface area (Å²) in [6.45, 7) is 1.94. The molecule has 6 heteroatoms. The van der Waals surface area contributed by atoms with Crippen molar-refractivity contribution in [2.45, 2.75) is 6.92 Å². The normalized spacial score (nSPS) is 11.1. The summed E-state index contributed by atoms with van der Waals surface area (Å²) in [6, 6.07) is 11.2. The van der Waals surface area contributed by atoms with Gasteiger partial charge in [-0.1, -0.05) is 18.2 Å². The van der Waals surface area contributed by atoms with Crippen molar-refractivity contribution in [2.24, 2.45) is 10.2 Å².